The summed E-state index contributed by atoms with van der Waals surface area (Å²) >= 11 is 0. The smallest absolute Gasteiger partial charge is 0.307 e. The lowest BCUT2D eigenvalue weighted by molar-refractivity contribution is -0.144. The van der Waals surface area contributed by atoms with Crippen molar-refractivity contribution in [3.63, 3.8) is 0 Å². The van der Waals surface area contributed by atoms with Gasteiger partial charge in [-0.25, -0.2) is 0 Å². The van der Waals surface area contributed by atoms with Crippen LogP contribution in [0, 0.1) is 10.8 Å². The van der Waals surface area contributed by atoms with Gasteiger partial charge in [-0.2, -0.15) is 0 Å². The summed E-state index contributed by atoms with van der Waals surface area (Å²) < 4.78 is 4.92. The second kappa shape index (κ2) is 5.82. The average molecular weight is 269 g/mol. The molecule has 0 amide bonds. The molecule has 0 aromatic heterocycles. The summed E-state index contributed by atoms with van der Waals surface area (Å²) in [4.78, 5) is 11.8. The molecule has 0 saturated heterocycles. The Balaban J connectivity index is 2.96. The topological polar surface area (TPSA) is 38.3 Å². The fraction of sp³-hybridized carbons (Fsp3) is 0.938. The SMILES string of the molecule is CCCNC1(CC(=O)OC)CC(C)(C)CC(C)(C)C1. The molecular weight excluding hydrogens is 238 g/mol. The molecule has 0 bridgehead atoms. The molecule has 0 atom stereocenters. The minimum Gasteiger partial charge on any atom is -0.469 e. The minimum absolute atomic E-state index is 0.0999. The van der Waals surface area contributed by atoms with Crippen molar-refractivity contribution in [2.75, 3.05) is 13.7 Å². The van der Waals surface area contributed by atoms with Gasteiger partial charge in [0.1, 0.15) is 0 Å². The molecule has 0 aliphatic heterocycles. The van der Waals surface area contributed by atoms with Gasteiger partial charge >= 0.3 is 5.97 Å². The molecule has 0 unspecified atom stereocenters. The summed E-state index contributed by atoms with van der Waals surface area (Å²) in [6.07, 6.45) is 4.86. The molecule has 1 saturated carbocycles. The Morgan fingerprint density at radius 2 is 1.63 bits per heavy atom. The van der Waals surface area contributed by atoms with Crippen LogP contribution >= 0.6 is 0 Å². The third kappa shape index (κ3) is 4.79. The van der Waals surface area contributed by atoms with Crippen molar-refractivity contribution in [1.82, 2.24) is 5.32 Å². The van der Waals surface area contributed by atoms with Gasteiger partial charge in [0.15, 0.2) is 0 Å². The molecule has 3 nitrogen and oxygen atoms in total. The molecular formula is C16H31NO2. The number of ether oxygens (including phenoxy) is 1. The van der Waals surface area contributed by atoms with Gasteiger partial charge in [-0.15, -0.1) is 0 Å². The van der Waals surface area contributed by atoms with Crippen LogP contribution in [-0.4, -0.2) is 25.2 Å². The Bertz CT molecular complexity index is 305. The Kier molecular flexibility index (Phi) is 5.05. The van der Waals surface area contributed by atoms with Crippen LogP contribution in [0.3, 0.4) is 0 Å². The number of methoxy groups -OCH3 is 1. The number of rotatable bonds is 5. The van der Waals surface area contributed by atoms with Crippen molar-refractivity contribution in [3.8, 4) is 0 Å². The fourth-order valence-electron chi connectivity index (χ4n) is 4.37. The lowest BCUT2D eigenvalue weighted by Crippen LogP contribution is -2.56. The molecule has 0 heterocycles. The predicted molar refractivity (Wildman–Crippen MR) is 79.1 cm³/mol. The summed E-state index contributed by atoms with van der Waals surface area (Å²) in [7, 11) is 1.48. The van der Waals surface area contributed by atoms with E-state index in [2.05, 4.69) is 39.9 Å². The quantitative estimate of drug-likeness (QED) is 0.776. The van der Waals surface area contributed by atoms with Gasteiger partial charge in [0.25, 0.3) is 0 Å². The molecule has 1 rings (SSSR count). The lowest BCUT2D eigenvalue weighted by Gasteiger charge is -2.52. The van der Waals surface area contributed by atoms with Crippen molar-refractivity contribution in [2.24, 2.45) is 10.8 Å². The van der Waals surface area contributed by atoms with Gasteiger partial charge in [0.05, 0.1) is 13.5 Å². The van der Waals surface area contributed by atoms with E-state index in [1.165, 1.54) is 13.5 Å². The van der Waals surface area contributed by atoms with E-state index in [0.29, 0.717) is 6.42 Å². The zero-order chi connectivity index (χ0) is 14.7. The normalized spacial score (nSPS) is 23.9. The number of carbonyl (C=O) groups is 1. The standard InChI is InChI=1S/C16H31NO2/c1-7-8-17-16(9-13(18)19-6)11-14(2,3)10-15(4,5)12-16/h17H,7-12H2,1-6H3. The van der Waals surface area contributed by atoms with Crippen molar-refractivity contribution >= 4 is 5.97 Å². The number of hydrogen-bond acceptors (Lipinski definition) is 3. The molecule has 1 aliphatic carbocycles. The van der Waals surface area contributed by atoms with Crippen LogP contribution in [0.25, 0.3) is 0 Å². The molecule has 0 aromatic carbocycles. The first-order valence-corrected chi connectivity index (χ1v) is 7.46. The minimum atomic E-state index is -0.103. The van der Waals surface area contributed by atoms with E-state index in [1.54, 1.807) is 0 Å². The predicted octanol–water partition coefficient (Wildman–Crippen LogP) is 3.52. The molecule has 1 N–H and O–H groups in total. The monoisotopic (exact) mass is 269 g/mol. The molecule has 1 aliphatic rings. The van der Waals surface area contributed by atoms with Crippen molar-refractivity contribution in [2.45, 2.75) is 72.3 Å². The van der Waals surface area contributed by atoms with E-state index in [1.807, 2.05) is 0 Å². The van der Waals surface area contributed by atoms with Gasteiger partial charge in [-0.3, -0.25) is 4.79 Å². The maximum Gasteiger partial charge on any atom is 0.307 e. The van der Waals surface area contributed by atoms with Crippen LogP contribution in [0.2, 0.25) is 0 Å². The average Bonchev–Trinajstić information content (AvgIpc) is 2.21. The molecule has 1 fully saturated rings. The first kappa shape index (κ1) is 16.5. The van der Waals surface area contributed by atoms with Crippen molar-refractivity contribution < 1.29 is 9.53 Å². The highest BCUT2D eigenvalue weighted by Gasteiger charge is 2.48. The highest BCUT2D eigenvalue weighted by atomic mass is 16.5. The zero-order valence-corrected chi connectivity index (χ0v) is 13.6. The zero-order valence-electron chi connectivity index (χ0n) is 13.6. The van der Waals surface area contributed by atoms with Crippen LogP contribution in [-0.2, 0) is 9.53 Å². The van der Waals surface area contributed by atoms with E-state index >= 15 is 0 Å². The summed E-state index contributed by atoms with van der Waals surface area (Å²) in [5, 5.41) is 3.66. The molecule has 0 spiro atoms. The van der Waals surface area contributed by atoms with E-state index in [4.69, 9.17) is 4.74 Å². The largest absolute Gasteiger partial charge is 0.469 e. The summed E-state index contributed by atoms with van der Waals surface area (Å²) in [6.45, 7) is 12.4. The highest BCUT2D eigenvalue weighted by molar-refractivity contribution is 5.70. The molecule has 0 aromatic rings. The van der Waals surface area contributed by atoms with Crippen molar-refractivity contribution in [3.05, 3.63) is 0 Å². The number of hydrogen-bond donors (Lipinski definition) is 1. The Hall–Kier alpha value is -0.570. The summed E-state index contributed by atoms with van der Waals surface area (Å²) in [5.41, 5.74) is 0.418. The van der Waals surface area contributed by atoms with E-state index in [-0.39, 0.29) is 22.3 Å². The summed E-state index contributed by atoms with van der Waals surface area (Å²) in [5.74, 6) is -0.0999. The lowest BCUT2D eigenvalue weighted by atomic mass is 9.57. The Labute approximate surface area is 118 Å². The maximum absolute atomic E-state index is 11.8. The third-order valence-corrected chi connectivity index (χ3v) is 4.05. The van der Waals surface area contributed by atoms with Gasteiger partial charge in [-0.05, 0) is 43.1 Å². The maximum atomic E-state index is 11.8. The second-order valence-corrected chi connectivity index (χ2v) is 7.82. The van der Waals surface area contributed by atoms with Crippen LogP contribution in [0.5, 0.6) is 0 Å². The van der Waals surface area contributed by atoms with Gasteiger partial charge in [-0.1, -0.05) is 34.6 Å². The van der Waals surface area contributed by atoms with Crippen LogP contribution < -0.4 is 5.32 Å². The van der Waals surface area contributed by atoms with Crippen molar-refractivity contribution in [1.29, 1.82) is 0 Å². The van der Waals surface area contributed by atoms with E-state index < -0.39 is 0 Å². The first-order valence-electron chi connectivity index (χ1n) is 7.46. The Morgan fingerprint density at radius 1 is 1.11 bits per heavy atom. The first-order chi connectivity index (χ1) is 8.64. The van der Waals surface area contributed by atoms with Gasteiger partial charge in [0.2, 0.25) is 0 Å². The number of carbonyl (C=O) groups excluding carboxylic acids is 1. The van der Waals surface area contributed by atoms with Crippen LogP contribution in [0.4, 0.5) is 0 Å². The van der Waals surface area contributed by atoms with E-state index in [0.717, 1.165) is 25.8 Å². The number of nitrogens with one attached hydrogen (secondary N) is 1. The third-order valence-electron chi connectivity index (χ3n) is 4.05. The van der Waals surface area contributed by atoms with Gasteiger partial charge in [0, 0.05) is 5.54 Å². The highest BCUT2D eigenvalue weighted by Crippen LogP contribution is 2.51. The fourth-order valence-corrected chi connectivity index (χ4v) is 4.37. The second-order valence-electron chi connectivity index (χ2n) is 7.82. The molecule has 19 heavy (non-hydrogen) atoms. The van der Waals surface area contributed by atoms with E-state index in [9.17, 15) is 4.79 Å². The molecule has 3 heteroatoms. The molecule has 112 valence electrons. The van der Waals surface area contributed by atoms with Gasteiger partial charge < -0.3 is 10.1 Å². The van der Waals surface area contributed by atoms with Crippen LogP contribution in [0.15, 0.2) is 0 Å². The molecule has 0 radical (unpaired) electrons. The Morgan fingerprint density at radius 3 is 2.05 bits per heavy atom. The summed E-state index contributed by atoms with van der Waals surface area (Å²) in [6, 6.07) is 0. The number of esters is 1. The van der Waals surface area contributed by atoms with Crippen LogP contribution in [0.1, 0.15) is 66.7 Å².